The first kappa shape index (κ1) is 22.2. The average molecular weight is 387 g/mol. The van der Waals surface area contributed by atoms with Crippen molar-refractivity contribution in [2.75, 3.05) is 13.1 Å². The SMILES string of the molecule is C=C/C(=C\C(=C/C)C(F)(F)F)C1(F)CCN(C(=O)CCC(F)(F)F)CC1. The number of alkyl halides is 7. The first-order chi connectivity index (χ1) is 11.8. The summed E-state index contributed by atoms with van der Waals surface area (Å²) in [5, 5.41) is 0. The Kier molecular flexibility index (Phi) is 7.07. The van der Waals surface area contributed by atoms with Gasteiger partial charge in [-0.1, -0.05) is 18.7 Å². The normalized spacial score (nSPS) is 19.5. The topological polar surface area (TPSA) is 20.3 Å². The van der Waals surface area contributed by atoms with E-state index in [4.69, 9.17) is 0 Å². The number of hydrogen-bond donors (Lipinski definition) is 0. The number of piperidine rings is 1. The first-order valence-corrected chi connectivity index (χ1v) is 7.94. The molecule has 2 nitrogen and oxygen atoms in total. The van der Waals surface area contributed by atoms with E-state index in [-0.39, 0.29) is 31.5 Å². The molecule has 0 unspecified atom stereocenters. The number of carbonyl (C=O) groups is 1. The fraction of sp³-hybridized carbons (Fsp3) is 0.588. The molecule has 1 fully saturated rings. The molecular weight excluding hydrogens is 367 g/mol. The van der Waals surface area contributed by atoms with Gasteiger partial charge in [0.2, 0.25) is 5.91 Å². The molecule has 148 valence electrons. The molecule has 0 aromatic heterocycles. The predicted octanol–water partition coefficient (Wildman–Crippen LogP) is 5.28. The van der Waals surface area contributed by atoms with E-state index in [9.17, 15) is 31.1 Å². The van der Waals surface area contributed by atoms with Crippen LogP contribution in [0.25, 0.3) is 0 Å². The molecule has 0 aromatic rings. The highest BCUT2D eigenvalue weighted by Gasteiger charge is 2.40. The molecule has 1 saturated heterocycles. The summed E-state index contributed by atoms with van der Waals surface area (Å²) >= 11 is 0. The lowest BCUT2D eigenvalue weighted by molar-refractivity contribution is -0.150. The second-order valence-electron chi connectivity index (χ2n) is 6.01. The van der Waals surface area contributed by atoms with Crippen LogP contribution >= 0.6 is 0 Å². The number of likely N-dealkylation sites (tertiary alicyclic amines) is 1. The molecule has 1 rings (SSSR count). The van der Waals surface area contributed by atoms with E-state index in [2.05, 4.69) is 6.58 Å². The van der Waals surface area contributed by atoms with Gasteiger partial charge >= 0.3 is 12.4 Å². The molecule has 1 aliphatic heterocycles. The molecular formula is C17H20F7NO. The van der Waals surface area contributed by atoms with Crippen LogP contribution in [0.3, 0.4) is 0 Å². The van der Waals surface area contributed by atoms with Crippen LogP contribution in [-0.4, -0.2) is 41.9 Å². The number of hydrogen-bond acceptors (Lipinski definition) is 1. The molecule has 1 heterocycles. The third-order valence-corrected chi connectivity index (χ3v) is 4.22. The van der Waals surface area contributed by atoms with Crippen molar-refractivity contribution >= 4 is 5.91 Å². The Balaban J connectivity index is 2.82. The summed E-state index contributed by atoms with van der Waals surface area (Å²) < 4.78 is 90.1. The Morgan fingerprint density at radius 2 is 1.69 bits per heavy atom. The van der Waals surface area contributed by atoms with E-state index in [0.29, 0.717) is 6.08 Å². The predicted molar refractivity (Wildman–Crippen MR) is 83.0 cm³/mol. The Hall–Kier alpha value is -1.80. The number of carbonyl (C=O) groups excluding carboxylic acids is 1. The molecule has 9 heteroatoms. The summed E-state index contributed by atoms with van der Waals surface area (Å²) in [6.07, 6.45) is -9.24. The summed E-state index contributed by atoms with van der Waals surface area (Å²) in [5.41, 5.74) is -3.40. The minimum absolute atomic E-state index is 0.171. The number of allylic oxidation sites excluding steroid dienone is 5. The number of nitrogens with zero attached hydrogens (tertiary/aromatic N) is 1. The Morgan fingerprint density at radius 1 is 1.15 bits per heavy atom. The minimum atomic E-state index is -4.65. The Bertz CT molecular complexity index is 579. The van der Waals surface area contributed by atoms with Gasteiger partial charge < -0.3 is 4.90 Å². The molecule has 0 radical (unpaired) electrons. The van der Waals surface area contributed by atoms with E-state index < -0.39 is 42.3 Å². The van der Waals surface area contributed by atoms with Gasteiger partial charge in [0.1, 0.15) is 5.67 Å². The van der Waals surface area contributed by atoms with Crippen LogP contribution in [0, 0.1) is 0 Å². The first-order valence-electron chi connectivity index (χ1n) is 7.94. The molecule has 0 aliphatic carbocycles. The van der Waals surface area contributed by atoms with Crippen molar-refractivity contribution < 1.29 is 35.5 Å². The zero-order valence-electron chi connectivity index (χ0n) is 14.2. The van der Waals surface area contributed by atoms with Crippen LogP contribution in [-0.2, 0) is 4.79 Å². The second-order valence-corrected chi connectivity index (χ2v) is 6.01. The van der Waals surface area contributed by atoms with E-state index in [1.807, 2.05) is 0 Å². The summed E-state index contributed by atoms with van der Waals surface area (Å²) in [6, 6.07) is 0. The van der Waals surface area contributed by atoms with Gasteiger partial charge in [-0.25, -0.2) is 4.39 Å². The lowest BCUT2D eigenvalue weighted by Crippen LogP contribution is -2.45. The Labute approximate surface area is 147 Å². The standard InChI is InChI=1S/C17H20F7NO/c1-3-12(11-13(4-2)17(22,23)24)15(18)7-9-25(10-8-15)14(26)5-6-16(19,20)21/h3-4,11H,1,5-10H2,2H3/b12-11+,13-4+. The van der Waals surface area contributed by atoms with Gasteiger partial charge in [-0.15, -0.1) is 0 Å². The van der Waals surface area contributed by atoms with Crippen LogP contribution < -0.4 is 0 Å². The second kappa shape index (κ2) is 8.26. The molecule has 1 amide bonds. The molecule has 0 atom stereocenters. The molecule has 0 saturated carbocycles. The smallest absolute Gasteiger partial charge is 0.342 e. The summed E-state index contributed by atoms with van der Waals surface area (Å²) in [5.74, 6) is -0.752. The van der Waals surface area contributed by atoms with E-state index in [1.165, 1.54) is 6.92 Å². The largest absolute Gasteiger partial charge is 0.416 e. The van der Waals surface area contributed by atoms with Crippen LogP contribution in [0.2, 0.25) is 0 Å². The van der Waals surface area contributed by atoms with Crippen molar-refractivity contribution in [3.8, 4) is 0 Å². The molecule has 0 spiro atoms. The van der Waals surface area contributed by atoms with Gasteiger partial charge in [0.25, 0.3) is 0 Å². The van der Waals surface area contributed by atoms with Crippen LogP contribution in [0.1, 0.15) is 32.6 Å². The van der Waals surface area contributed by atoms with Crippen LogP contribution in [0.4, 0.5) is 30.7 Å². The van der Waals surface area contributed by atoms with Gasteiger partial charge in [-0.2, -0.15) is 26.3 Å². The minimum Gasteiger partial charge on any atom is -0.342 e. The van der Waals surface area contributed by atoms with Gasteiger partial charge in [0, 0.05) is 32.4 Å². The van der Waals surface area contributed by atoms with Gasteiger partial charge in [0.15, 0.2) is 0 Å². The fourth-order valence-corrected chi connectivity index (χ4v) is 2.67. The van der Waals surface area contributed by atoms with Gasteiger partial charge in [-0.05, 0) is 18.6 Å². The molecule has 1 aliphatic rings. The molecule has 0 aromatic carbocycles. The maximum absolute atomic E-state index is 15.1. The van der Waals surface area contributed by atoms with Gasteiger partial charge in [-0.3, -0.25) is 4.79 Å². The van der Waals surface area contributed by atoms with Crippen LogP contribution in [0.15, 0.2) is 36.0 Å². The van der Waals surface area contributed by atoms with E-state index >= 15 is 4.39 Å². The highest BCUT2D eigenvalue weighted by atomic mass is 19.4. The van der Waals surface area contributed by atoms with Crippen molar-refractivity contribution in [1.29, 1.82) is 0 Å². The van der Waals surface area contributed by atoms with Crippen molar-refractivity contribution in [3.05, 3.63) is 36.0 Å². The lowest BCUT2D eigenvalue weighted by atomic mass is 9.84. The fourth-order valence-electron chi connectivity index (χ4n) is 2.67. The zero-order chi connectivity index (χ0) is 20.2. The van der Waals surface area contributed by atoms with Crippen molar-refractivity contribution in [2.45, 2.75) is 50.6 Å². The van der Waals surface area contributed by atoms with Crippen molar-refractivity contribution in [3.63, 3.8) is 0 Å². The summed E-state index contributed by atoms with van der Waals surface area (Å²) in [4.78, 5) is 12.9. The van der Waals surface area contributed by atoms with Crippen molar-refractivity contribution in [2.24, 2.45) is 0 Å². The monoisotopic (exact) mass is 387 g/mol. The number of halogens is 7. The molecule has 0 N–H and O–H groups in total. The highest BCUT2D eigenvalue weighted by Crippen LogP contribution is 2.37. The Morgan fingerprint density at radius 3 is 2.08 bits per heavy atom. The molecule has 26 heavy (non-hydrogen) atoms. The molecule has 0 bridgehead atoms. The summed E-state index contributed by atoms with van der Waals surface area (Å²) in [7, 11) is 0. The number of rotatable bonds is 5. The van der Waals surface area contributed by atoms with E-state index in [1.54, 1.807) is 0 Å². The third kappa shape index (κ3) is 6.17. The zero-order valence-corrected chi connectivity index (χ0v) is 14.2. The van der Waals surface area contributed by atoms with Gasteiger partial charge in [0.05, 0.1) is 12.0 Å². The average Bonchev–Trinajstić information content (AvgIpc) is 2.52. The third-order valence-electron chi connectivity index (χ3n) is 4.22. The van der Waals surface area contributed by atoms with E-state index in [0.717, 1.165) is 17.1 Å². The maximum Gasteiger partial charge on any atom is 0.416 e. The van der Waals surface area contributed by atoms with Crippen LogP contribution in [0.5, 0.6) is 0 Å². The highest BCUT2D eigenvalue weighted by molar-refractivity contribution is 5.76. The number of amides is 1. The maximum atomic E-state index is 15.1. The summed E-state index contributed by atoms with van der Waals surface area (Å²) in [6.45, 7) is 4.18. The quantitative estimate of drug-likeness (QED) is 0.464. The lowest BCUT2D eigenvalue weighted by Gasteiger charge is -2.37. The van der Waals surface area contributed by atoms with Crippen molar-refractivity contribution in [1.82, 2.24) is 4.90 Å².